The first-order chi connectivity index (χ1) is 17.1. The maximum Gasteiger partial charge on any atom is 0.258 e. The molecule has 6 aromatic rings. The smallest absolute Gasteiger partial charge is 0.258 e. The molecule has 0 aliphatic heterocycles. The molecule has 9 heteroatoms. The van der Waals surface area contributed by atoms with E-state index in [2.05, 4.69) is 30.6 Å². The Kier molecular flexibility index (Phi) is 4.97. The van der Waals surface area contributed by atoms with Gasteiger partial charge in [0.15, 0.2) is 0 Å². The Labute approximate surface area is 203 Å². The molecule has 4 aromatic heterocycles. The van der Waals surface area contributed by atoms with Gasteiger partial charge in [0.1, 0.15) is 18.0 Å². The van der Waals surface area contributed by atoms with Gasteiger partial charge in [-0.2, -0.15) is 0 Å². The SMILES string of the molecule is Cc1ccc2c(Nc3cccc4ncccc34)nccc2c1NC(=O)c1csc2c(N)ncnc12. The van der Waals surface area contributed by atoms with Crippen molar-refractivity contribution in [1.82, 2.24) is 19.9 Å². The lowest BCUT2D eigenvalue weighted by molar-refractivity contribution is 0.102. The van der Waals surface area contributed by atoms with Crippen molar-refractivity contribution in [1.29, 1.82) is 0 Å². The Morgan fingerprint density at radius 3 is 2.74 bits per heavy atom. The van der Waals surface area contributed by atoms with Gasteiger partial charge in [-0.3, -0.25) is 9.78 Å². The van der Waals surface area contributed by atoms with E-state index in [0.717, 1.165) is 38.6 Å². The van der Waals surface area contributed by atoms with Crippen molar-refractivity contribution in [2.75, 3.05) is 16.4 Å². The van der Waals surface area contributed by atoms with Crippen LogP contribution in [0.15, 0.2) is 72.6 Å². The molecule has 2 aromatic carbocycles. The Morgan fingerprint density at radius 1 is 0.914 bits per heavy atom. The Morgan fingerprint density at radius 2 is 1.83 bits per heavy atom. The van der Waals surface area contributed by atoms with Crippen LogP contribution in [0.2, 0.25) is 0 Å². The number of nitrogens with one attached hydrogen (secondary N) is 2. The first-order valence-corrected chi connectivity index (χ1v) is 11.8. The lowest BCUT2D eigenvalue weighted by Crippen LogP contribution is -2.13. The third kappa shape index (κ3) is 3.58. The lowest BCUT2D eigenvalue weighted by atomic mass is 10.0. The molecule has 4 N–H and O–H groups in total. The number of anilines is 4. The minimum absolute atomic E-state index is 0.253. The van der Waals surface area contributed by atoms with Gasteiger partial charge in [-0.25, -0.2) is 15.0 Å². The quantitative estimate of drug-likeness (QED) is 0.299. The predicted octanol–water partition coefficient (Wildman–Crippen LogP) is 5.67. The van der Waals surface area contributed by atoms with Crippen molar-refractivity contribution in [3.8, 4) is 0 Å². The number of carbonyl (C=O) groups excluding carboxylic acids is 1. The summed E-state index contributed by atoms with van der Waals surface area (Å²) in [6.07, 6.45) is 4.88. The average molecular weight is 478 g/mol. The number of rotatable bonds is 4. The van der Waals surface area contributed by atoms with Gasteiger partial charge in [0.05, 0.1) is 27.0 Å². The van der Waals surface area contributed by atoms with Crippen molar-refractivity contribution >= 4 is 72.1 Å². The van der Waals surface area contributed by atoms with Gasteiger partial charge in [-0.15, -0.1) is 11.3 Å². The summed E-state index contributed by atoms with van der Waals surface area (Å²) >= 11 is 1.36. The van der Waals surface area contributed by atoms with Crippen LogP contribution < -0.4 is 16.4 Å². The zero-order valence-electron chi connectivity index (χ0n) is 18.6. The molecule has 0 bridgehead atoms. The van der Waals surface area contributed by atoms with Gasteiger partial charge in [-0.05, 0) is 42.8 Å². The standard InChI is InChI=1S/C26H19N7OS/c1-14-7-8-16-15(21(14)33-26(34)18-12-35-23-22(18)30-13-31-24(23)27)9-11-29-25(16)32-20-6-2-5-19-17(20)4-3-10-28-19/h2-13H,1H3,(H,29,32)(H,33,34)(H2,27,30,31). The van der Waals surface area contributed by atoms with Crippen molar-refractivity contribution in [2.45, 2.75) is 6.92 Å². The van der Waals surface area contributed by atoms with E-state index in [9.17, 15) is 4.79 Å². The molecule has 0 radical (unpaired) electrons. The number of pyridine rings is 2. The van der Waals surface area contributed by atoms with Crippen LogP contribution in [-0.2, 0) is 0 Å². The highest BCUT2D eigenvalue weighted by atomic mass is 32.1. The fraction of sp³-hybridized carbons (Fsp3) is 0.0385. The van der Waals surface area contributed by atoms with Crippen LogP contribution in [0, 0.1) is 6.92 Å². The van der Waals surface area contributed by atoms with Gasteiger partial charge >= 0.3 is 0 Å². The molecular formula is C26H19N7OS. The highest BCUT2D eigenvalue weighted by molar-refractivity contribution is 7.18. The van der Waals surface area contributed by atoms with E-state index in [1.54, 1.807) is 17.8 Å². The van der Waals surface area contributed by atoms with Crippen LogP contribution >= 0.6 is 11.3 Å². The first-order valence-electron chi connectivity index (χ1n) is 10.9. The van der Waals surface area contributed by atoms with Gasteiger partial charge < -0.3 is 16.4 Å². The Bertz CT molecular complexity index is 1760. The van der Waals surface area contributed by atoms with E-state index in [1.807, 2.05) is 55.5 Å². The number of nitrogen functional groups attached to an aromatic ring is 1. The highest BCUT2D eigenvalue weighted by Crippen LogP contribution is 2.34. The first kappa shape index (κ1) is 20.9. The monoisotopic (exact) mass is 477 g/mol. The van der Waals surface area contributed by atoms with Crippen molar-refractivity contribution < 1.29 is 4.79 Å². The second-order valence-electron chi connectivity index (χ2n) is 8.05. The fourth-order valence-electron chi connectivity index (χ4n) is 4.18. The molecule has 0 saturated heterocycles. The highest BCUT2D eigenvalue weighted by Gasteiger charge is 2.18. The summed E-state index contributed by atoms with van der Waals surface area (Å²) in [4.78, 5) is 30.6. The lowest BCUT2D eigenvalue weighted by Gasteiger charge is -2.15. The maximum absolute atomic E-state index is 13.3. The molecule has 6 rings (SSSR count). The van der Waals surface area contributed by atoms with Gasteiger partial charge in [0.25, 0.3) is 5.91 Å². The summed E-state index contributed by atoms with van der Waals surface area (Å²) in [7, 11) is 0. The molecule has 0 aliphatic carbocycles. The van der Waals surface area contributed by atoms with Crippen molar-refractivity contribution in [2.24, 2.45) is 0 Å². The molecule has 0 aliphatic rings. The zero-order valence-corrected chi connectivity index (χ0v) is 19.4. The molecule has 1 amide bonds. The number of aromatic nitrogens is 4. The van der Waals surface area contributed by atoms with Gasteiger partial charge in [-0.1, -0.05) is 18.2 Å². The predicted molar refractivity (Wildman–Crippen MR) is 141 cm³/mol. The second-order valence-corrected chi connectivity index (χ2v) is 8.93. The molecule has 0 fully saturated rings. The van der Waals surface area contributed by atoms with Crippen LogP contribution in [0.25, 0.3) is 31.9 Å². The van der Waals surface area contributed by atoms with Gasteiger partial charge in [0, 0.05) is 39.6 Å². The van der Waals surface area contributed by atoms with E-state index in [1.165, 1.54) is 17.7 Å². The third-order valence-corrected chi connectivity index (χ3v) is 6.91. The van der Waals surface area contributed by atoms with E-state index >= 15 is 0 Å². The van der Waals surface area contributed by atoms with Crippen LogP contribution in [0.4, 0.5) is 23.0 Å². The number of thiophene rings is 1. The topological polar surface area (TPSA) is 119 Å². The average Bonchev–Trinajstić information content (AvgIpc) is 3.32. The molecule has 4 heterocycles. The summed E-state index contributed by atoms with van der Waals surface area (Å²) in [5, 5.41) is 11.1. The summed E-state index contributed by atoms with van der Waals surface area (Å²) in [5.41, 5.74) is 10.4. The van der Waals surface area contributed by atoms with E-state index in [0.29, 0.717) is 27.4 Å². The molecule has 35 heavy (non-hydrogen) atoms. The minimum Gasteiger partial charge on any atom is -0.382 e. The molecule has 8 nitrogen and oxygen atoms in total. The largest absolute Gasteiger partial charge is 0.382 e. The van der Waals surface area contributed by atoms with Crippen molar-refractivity contribution in [3.05, 3.63) is 83.8 Å². The summed E-state index contributed by atoms with van der Waals surface area (Å²) < 4.78 is 0.701. The number of benzene rings is 2. The van der Waals surface area contributed by atoms with Crippen LogP contribution in [0.1, 0.15) is 15.9 Å². The van der Waals surface area contributed by atoms with Gasteiger partial charge in [0.2, 0.25) is 0 Å². The zero-order chi connectivity index (χ0) is 23.9. The van der Waals surface area contributed by atoms with Crippen LogP contribution in [0.3, 0.4) is 0 Å². The Hall–Kier alpha value is -4.63. The summed E-state index contributed by atoms with van der Waals surface area (Å²) in [6.45, 7) is 1.96. The number of nitrogens with zero attached hydrogens (tertiary/aromatic N) is 4. The normalized spacial score (nSPS) is 11.2. The molecule has 0 saturated carbocycles. The number of amides is 1. The fourth-order valence-corrected chi connectivity index (χ4v) is 5.08. The number of nitrogens with two attached hydrogens (primary N) is 1. The van der Waals surface area contributed by atoms with E-state index in [4.69, 9.17) is 5.73 Å². The molecule has 0 atom stereocenters. The molecule has 170 valence electrons. The second kappa shape index (κ2) is 8.30. The number of carbonyl (C=O) groups is 1. The van der Waals surface area contributed by atoms with E-state index in [-0.39, 0.29) is 5.91 Å². The minimum atomic E-state index is -0.253. The van der Waals surface area contributed by atoms with E-state index < -0.39 is 0 Å². The molecule has 0 spiro atoms. The van der Waals surface area contributed by atoms with Crippen molar-refractivity contribution in [3.63, 3.8) is 0 Å². The number of hydrogen-bond acceptors (Lipinski definition) is 8. The number of aryl methyl sites for hydroxylation is 1. The molecular weight excluding hydrogens is 458 g/mol. The number of fused-ring (bicyclic) bond motifs is 3. The Balaban J connectivity index is 1.41. The third-order valence-electron chi connectivity index (χ3n) is 5.92. The van der Waals surface area contributed by atoms with Crippen LogP contribution in [-0.4, -0.2) is 25.8 Å². The summed E-state index contributed by atoms with van der Waals surface area (Å²) in [5.74, 6) is 0.804. The molecule has 0 unspecified atom stereocenters. The number of hydrogen-bond donors (Lipinski definition) is 3. The van der Waals surface area contributed by atoms with Crippen LogP contribution in [0.5, 0.6) is 0 Å². The maximum atomic E-state index is 13.3. The summed E-state index contributed by atoms with van der Waals surface area (Å²) in [6, 6.07) is 15.7.